The second-order valence-electron chi connectivity index (χ2n) is 4.35. The lowest BCUT2D eigenvalue weighted by molar-refractivity contribution is -0.218. The molecule has 20 heavy (non-hydrogen) atoms. The molecular weight excluding hydrogens is 268 g/mol. The molecule has 7 nitrogen and oxygen atoms in total. The van der Waals surface area contributed by atoms with Crippen molar-refractivity contribution in [3.8, 4) is 0 Å². The molecule has 0 aromatic rings. The van der Waals surface area contributed by atoms with E-state index in [0.717, 1.165) is 12.8 Å². The average molecular weight is 294 g/mol. The molecule has 0 heterocycles. The number of esters is 1. The van der Waals surface area contributed by atoms with Crippen LogP contribution in [0.4, 0.5) is 0 Å². The average Bonchev–Trinajstić information content (AvgIpc) is 2.47. The Morgan fingerprint density at radius 1 is 1.30 bits per heavy atom. The van der Waals surface area contributed by atoms with Crippen LogP contribution in [0.3, 0.4) is 0 Å². The second kappa shape index (κ2) is 11.0. The number of methoxy groups -OCH3 is 2. The molecule has 0 aromatic carbocycles. The topological polar surface area (TPSA) is 94.5 Å². The fourth-order valence-corrected chi connectivity index (χ4v) is 1.49. The molecule has 0 saturated heterocycles. The van der Waals surface area contributed by atoms with Crippen molar-refractivity contribution >= 4 is 5.97 Å². The standard InChI is InChI=1S/C13H26O7/c1-5-6-7-19-9(2)11(15)12(13(16)18-4)20-10(8-14)17-3/h9-12,14-15H,5-8H2,1-4H3/t9-,10?,11-,12?/m0/s1. The first-order chi connectivity index (χ1) is 9.51. The zero-order valence-electron chi connectivity index (χ0n) is 12.6. The number of carbonyl (C=O) groups is 1. The van der Waals surface area contributed by atoms with Gasteiger partial charge in [0.15, 0.2) is 12.4 Å². The largest absolute Gasteiger partial charge is 0.467 e. The monoisotopic (exact) mass is 294 g/mol. The minimum Gasteiger partial charge on any atom is -0.467 e. The third kappa shape index (κ3) is 6.62. The maximum atomic E-state index is 11.7. The summed E-state index contributed by atoms with van der Waals surface area (Å²) in [5, 5.41) is 19.1. The molecule has 0 spiro atoms. The number of rotatable bonds is 11. The first-order valence-electron chi connectivity index (χ1n) is 6.68. The summed E-state index contributed by atoms with van der Waals surface area (Å²) in [6, 6.07) is 0. The van der Waals surface area contributed by atoms with Gasteiger partial charge in [0.1, 0.15) is 6.10 Å². The van der Waals surface area contributed by atoms with E-state index in [1.165, 1.54) is 14.2 Å². The zero-order valence-corrected chi connectivity index (χ0v) is 12.6. The molecule has 0 radical (unpaired) electrons. The third-order valence-corrected chi connectivity index (χ3v) is 2.81. The SMILES string of the molecule is CCCCO[C@@H](C)[C@H](O)C(OC(CO)OC)C(=O)OC. The molecule has 0 aromatic heterocycles. The third-order valence-electron chi connectivity index (χ3n) is 2.81. The maximum absolute atomic E-state index is 11.7. The van der Waals surface area contributed by atoms with Crippen molar-refractivity contribution in [3.63, 3.8) is 0 Å². The Bertz CT molecular complexity index is 255. The quantitative estimate of drug-likeness (QED) is 0.316. The van der Waals surface area contributed by atoms with Crippen molar-refractivity contribution in [1.82, 2.24) is 0 Å². The number of unbranched alkanes of at least 4 members (excludes halogenated alkanes) is 1. The Labute approximate surface area is 119 Å². The molecule has 2 unspecified atom stereocenters. The predicted molar refractivity (Wildman–Crippen MR) is 71.1 cm³/mol. The summed E-state index contributed by atoms with van der Waals surface area (Å²) in [7, 11) is 2.51. The smallest absolute Gasteiger partial charge is 0.337 e. The molecule has 0 fully saturated rings. The van der Waals surface area contributed by atoms with Crippen molar-refractivity contribution in [3.05, 3.63) is 0 Å². The van der Waals surface area contributed by atoms with E-state index in [1.54, 1.807) is 6.92 Å². The molecule has 0 aliphatic heterocycles. The molecule has 0 rings (SSSR count). The number of aliphatic hydroxyl groups excluding tert-OH is 2. The molecule has 2 N–H and O–H groups in total. The van der Waals surface area contributed by atoms with Crippen molar-refractivity contribution in [2.75, 3.05) is 27.4 Å². The Kier molecular flexibility index (Phi) is 10.6. The molecule has 7 heteroatoms. The summed E-state index contributed by atoms with van der Waals surface area (Å²) in [4.78, 5) is 11.7. The molecule has 0 aliphatic carbocycles. The lowest BCUT2D eigenvalue weighted by Crippen LogP contribution is -2.47. The fourth-order valence-electron chi connectivity index (χ4n) is 1.49. The molecule has 0 saturated carbocycles. The highest BCUT2D eigenvalue weighted by atomic mass is 16.7. The van der Waals surface area contributed by atoms with Crippen LogP contribution in [-0.4, -0.2) is 68.2 Å². The van der Waals surface area contributed by atoms with E-state index in [1.807, 2.05) is 6.92 Å². The number of aliphatic hydroxyl groups is 2. The molecular formula is C13H26O7. The van der Waals surface area contributed by atoms with Gasteiger partial charge in [-0.05, 0) is 13.3 Å². The van der Waals surface area contributed by atoms with Crippen LogP contribution < -0.4 is 0 Å². The highest BCUT2D eigenvalue weighted by molar-refractivity contribution is 5.75. The van der Waals surface area contributed by atoms with Gasteiger partial charge in [0, 0.05) is 13.7 Å². The van der Waals surface area contributed by atoms with E-state index in [2.05, 4.69) is 4.74 Å². The number of carbonyl (C=O) groups excluding carboxylic acids is 1. The predicted octanol–water partition coefficient (Wildman–Crippen LogP) is 0.0755. The van der Waals surface area contributed by atoms with Crippen molar-refractivity contribution < 1.29 is 34.0 Å². The van der Waals surface area contributed by atoms with E-state index in [0.29, 0.717) is 6.61 Å². The van der Waals surface area contributed by atoms with Gasteiger partial charge in [0.05, 0.1) is 19.8 Å². The van der Waals surface area contributed by atoms with E-state index in [9.17, 15) is 9.90 Å². The molecule has 0 amide bonds. The first-order valence-corrected chi connectivity index (χ1v) is 6.68. The second-order valence-corrected chi connectivity index (χ2v) is 4.35. The molecule has 0 bridgehead atoms. The van der Waals surface area contributed by atoms with Gasteiger partial charge < -0.3 is 29.2 Å². The van der Waals surface area contributed by atoms with Crippen LogP contribution in [-0.2, 0) is 23.7 Å². The fraction of sp³-hybridized carbons (Fsp3) is 0.923. The van der Waals surface area contributed by atoms with Crippen LogP contribution >= 0.6 is 0 Å². The van der Waals surface area contributed by atoms with Gasteiger partial charge in [-0.1, -0.05) is 13.3 Å². The van der Waals surface area contributed by atoms with E-state index in [-0.39, 0.29) is 0 Å². The summed E-state index contributed by atoms with van der Waals surface area (Å²) in [5.41, 5.74) is 0. The van der Waals surface area contributed by atoms with E-state index in [4.69, 9.17) is 19.3 Å². The van der Waals surface area contributed by atoms with E-state index < -0.39 is 37.2 Å². The highest BCUT2D eigenvalue weighted by Gasteiger charge is 2.35. The van der Waals surface area contributed by atoms with Gasteiger partial charge >= 0.3 is 5.97 Å². The van der Waals surface area contributed by atoms with Gasteiger partial charge in [0.25, 0.3) is 0 Å². The minimum atomic E-state index is -1.28. The molecule has 120 valence electrons. The minimum absolute atomic E-state index is 0.443. The van der Waals surface area contributed by atoms with Crippen LogP contribution in [0.2, 0.25) is 0 Å². The Hall–Kier alpha value is -0.730. The van der Waals surface area contributed by atoms with Gasteiger partial charge in [-0.3, -0.25) is 0 Å². The van der Waals surface area contributed by atoms with Crippen LogP contribution in [0.1, 0.15) is 26.7 Å². The maximum Gasteiger partial charge on any atom is 0.337 e. The number of hydrogen-bond donors (Lipinski definition) is 2. The van der Waals surface area contributed by atoms with Crippen molar-refractivity contribution in [2.24, 2.45) is 0 Å². The van der Waals surface area contributed by atoms with Gasteiger partial charge in [-0.15, -0.1) is 0 Å². The number of hydrogen-bond acceptors (Lipinski definition) is 7. The summed E-state index contributed by atoms with van der Waals surface area (Å²) in [6.07, 6.45) is -2.30. The summed E-state index contributed by atoms with van der Waals surface area (Å²) in [5.74, 6) is -0.751. The van der Waals surface area contributed by atoms with E-state index >= 15 is 0 Å². The summed E-state index contributed by atoms with van der Waals surface area (Å²) >= 11 is 0. The number of ether oxygens (including phenoxy) is 4. The van der Waals surface area contributed by atoms with Gasteiger partial charge in [-0.2, -0.15) is 0 Å². The van der Waals surface area contributed by atoms with Crippen LogP contribution in [0.5, 0.6) is 0 Å². The summed E-state index contributed by atoms with van der Waals surface area (Å²) < 4.78 is 20.0. The molecule has 4 atom stereocenters. The Morgan fingerprint density at radius 3 is 2.40 bits per heavy atom. The zero-order chi connectivity index (χ0) is 15.5. The van der Waals surface area contributed by atoms with Gasteiger partial charge in [0.2, 0.25) is 0 Å². The lowest BCUT2D eigenvalue weighted by atomic mass is 10.1. The van der Waals surface area contributed by atoms with Crippen molar-refractivity contribution in [2.45, 2.75) is 51.3 Å². The van der Waals surface area contributed by atoms with Crippen molar-refractivity contribution in [1.29, 1.82) is 0 Å². The Morgan fingerprint density at radius 2 is 1.95 bits per heavy atom. The van der Waals surface area contributed by atoms with Gasteiger partial charge in [-0.25, -0.2) is 4.79 Å². The Balaban J connectivity index is 4.62. The molecule has 0 aliphatic rings. The summed E-state index contributed by atoms with van der Waals surface area (Å²) in [6.45, 7) is 3.70. The first kappa shape index (κ1) is 19.3. The normalized spacial score (nSPS) is 17.3. The van der Waals surface area contributed by atoms with Crippen LogP contribution in [0.15, 0.2) is 0 Å². The van der Waals surface area contributed by atoms with Crippen LogP contribution in [0, 0.1) is 0 Å². The van der Waals surface area contributed by atoms with Crippen LogP contribution in [0.25, 0.3) is 0 Å². The lowest BCUT2D eigenvalue weighted by Gasteiger charge is -2.28. The highest BCUT2D eigenvalue weighted by Crippen LogP contribution is 2.13.